The number of fused-ring (bicyclic) bond motifs is 1. The van der Waals surface area contributed by atoms with E-state index in [1.54, 1.807) is 12.1 Å². The average Bonchev–Trinajstić information content (AvgIpc) is 2.79. The zero-order valence-electron chi connectivity index (χ0n) is 10.8. The molecule has 0 amide bonds. The van der Waals surface area contributed by atoms with Crippen molar-refractivity contribution in [2.24, 2.45) is 0 Å². The van der Waals surface area contributed by atoms with Crippen LogP contribution < -0.4 is 5.69 Å². The Balaban J connectivity index is 1.97. The molecule has 3 aromatic rings. The molecule has 0 aliphatic carbocycles. The molecule has 1 unspecified atom stereocenters. The molecule has 0 aliphatic rings. The van der Waals surface area contributed by atoms with Gasteiger partial charge in [-0.3, -0.25) is 0 Å². The Morgan fingerprint density at radius 2 is 1.81 bits per heavy atom. The highest BCUT2D eigenvalue weighted by Gasteiger charge is 2.15. The fraction of sp³-hybridized carbons (Fsp3) is 0.133. The normalized spacial score (nSPS) is 12.7. The Bertz CT molecular complexity index is 856. The molecule has 0 saturated heterocycles. The van der Waals surface area contributed by atoms with Crippen molar-refractivity contribution in [1.82, 2.24) is 9.97 Å². The number of hydrogen-bond donors (Lipinski definition) is 2. The van der Waals surface area contributed by atoms with Gasteiger partial charge in [-0.2, -0.15) is 0 Å². The van der Waals surface area contributed by atoms with E-state index in [4.69, 9.17) is 0 Å². The highest BCUT2D eigenvalue weighted by Crippen LogP contribution is 2.34. The molecular weight excluding hydrogens is 403 g/mol. The van der Waals surface area contributed by atoms with E-state index in [0.717, 1.165) is 21.1 Å². The van der Waals surface area contributed by atoms with Crippen LogP contribution in [0.4, 0.5) is 4.39 Å². The molecule has 3 rings (SSSR count). The number of hydrogen-bond acceptors (Lipinski definition) is 1. The van der Waals surface area contributed by atoms with Gasteiger partial charge in [0.2, 0.25) is 0 Å². The highest BCUT2D eigenvalue weighted by atomic mass is 79.9. The minimum atomic E-state index is -0.241. The number of imidazole rings is 1. The molecule has 0 spiro atoms. The molecule has 2 N–H and O–H groups in total. The summed E-state index contributed by atoms with van der Waals surface area (Å²) < 4.78 is 14.6. The van der Waals surface area contributed by atoms with Gasteiger partial charge in [-0.15, -0.1) is 0 Å². The van der Waals surface area contributed by atoms with Crippen molar-refractivity contribution in [3.05, 3.63) is 68.3 Å². The molecule has 0 saturated carbocycles. The van der Waals surface area contributed by atoms with E-state index in [-0.39, 0.29) is 16.3 Å². The van der Waals surface area contributed by atoms with Gasteiger partial charge in [-0.25, -0.2) is 9.18 Å². The summed E-state index contributed by atoms with van der Waals surface area (Å²) in [6, 6.07) is 10.5. The lowest BCUT2D eigenvalue weighted by atomic mass is 10.0. The first-order valence-corrected chi connectivity index (χ1v) is 8.04. The van der Waals surface area contributed by atoms with Crippen molar-refractivity contribution < 1.29 is 4.39 Å². The first-order valence-electron chi connectivity index (χ1n) is 6.33. The summed E-state index contributed by atoms with van der Waals surface area (Å²) in [7, 11) is 0. The number of aromatic amines is 2. The maximum absolute atomic E-state index is 13.7. The second-order valence-corrected chi connectivity index (χ2v) is 6.72. The fourth-order valence-corrected chi connectivity index (χ4v) is 3.93. The number of rotatable bonds is 3. The largest absolute Gasteiger partial charge is 0.323 e. The number of benzene rings is 2. The quantitative estimate of drug-likeness (QED) is 0.613. The number of nitrogens with one attached hydrogen (secondary N) is 2. The van der Waals surface area contributed by atoms with Gasteiger partial charge in [0.25, 0.3) is 0 Å². The Morgan fingerprint density at radius 1 is 1.14 bits per heavy atom. The lowest BCUT2D eigenvalue weighted by Gasteiger charge is -2.13. The zero-order chi connectivity index (χ0) is 15.0. The predicted molar refractivity (Wildman–Crippen MR) is 88.4 cm³/mol. The number of aromatic nitrogens is 2. The molecule has 0 fully saturated rings. The van der Waals surface area contributed by atoms with Crippen molar-refractivity contribution in [2.45, 2.75) is 11.2 Å². The summed E-state index contributed by atoms with van der Waals surface area (Å²) in [6.45, 7) is 0. The SMILES string of the molecule is O=c1[nH]c2cc(Br)c(C(Br)Cc3ccccc3F)cc2[nH]1. The first kappa shape index (κ1) is 14.5. The third kappa shape index (κ3) is 2.96. The van der Waals surface area contributed by atoms with Crippen LogP contribution in [-0.4, -0.2) is 9.97 Å². The molecule has 0 bridgehead atoms. The van der Waals surface area contributed by atoms with Gasteiger partial charge in [0, 0.05) is 9.30 Å². The smallest absolute Gasteiger partial charge is 0.306 e. The van der Waals surface area contributed by atoms with Gasteiger partial charge in [-0.1, -0.05) is 50.1 Å². The highest BCUT2D eigenvalue weighted by molar-refractivity contribution is 9.11. The maximum atomic E-state index is 13.7. The molecule has 21 heavy (non-hydrogen) atoms. The van der Waals surface area contributed by atoms with Crippen LogP contribution in [0.15, 0.2) is 45.7 Å². The number of H-pyrrole nitrogens is 2. The summed E-state index contributed by atoms with van der Waals surface area (Å²) in [6.07, 6.45) is 0.519. The van der Waals surface area contributed by atoms with Gasteiger partial charge < -0.3 is 9.97 Å². The predicted octanol–water partition coefficient (Wildman–Crippen LogP) is 4.44. The monoisotopic (exact) mass is 412 g/mol. The molecular formula is C15H11Br2FN2O. The van der Waals surface area contributed by atoms with Crippen LogP contribution in [0.3, 0.4) is 0 Å². The Morgan fingerprint density at radius 3 is 2.52 bits per heavy atom. The lowest BCUT2D eigenvalue weighted by molar-refractivity contribution is 0.608. The van der Waals surface area contributed by atoms with Crippen LogP contribution >= 0.6 is 31.9 Å². The van der Waals surface area contributed by atoms with E-state index < -0.39 is 0 Å². The van der Waals surface area contributed by atoms with Crippen molar-refractivity contribution in [2.75, 3.05) is 0 Å². The lowest BCUT2D eigenvalue weighted by Crippen LogP contribution is -1.99. The molecule has 1 heterocycles. The van der Waals surface area contributed by atoms with E-state index >= 15 is 0 Å². The summed E-state index contributed by atoms with van der Waals surface area (Å²) in [4.78, 5) is 16.7. The van der Waals surface area contributed by atoms with E-state index in [1.807, 2.05) is 18.2 Å². The van der Waals surface area contributed by atoms with E-state index in [2.05, 4.69) is 41.8 Å². The third-order valence-corrected chi connectivity index (χ3v) is 4.83. The van der Waals surface area contributed by atoms with Crippen molar-refractivity contribution in [1.29, 1.82) is 0 Å². The maximum Gasteiger partial charge on any atom is 0.323 e. The summed E-state index contributed by atoms with van der Waals surface area (Å²) in [5.74, 6) is -0.214. The summed E-state index contributed by atoms with van der Waals surface area (Å²) in [5, 5.41) is 0. The second-order valence-electron chi connectivity index (χ2n) is 4.76. The van der Waals surface area contributed by atoms with E-state index in [1.165, 1.54) is 6.07 Å². The fourth-order valence-electron chi connectivity index (χ4n) is 2.28. The van der Waals surface area contributed by atoms with Crippen LogP contribution in [0.2, 0.25) is 0 Å². The minimum Gasteiger partial charge on any atom is -0.306 e. The van der Waals surface area contributed by atoms with Crippen molar-refractivity contribution in [3.63, 3.8) is 0 Å². The van der Waals surface area contributed by atoms with Crippen molar-refractivity contribution >= 4 is 42.9 Å². The second kappa shape index (κ2) is 5.77. The minimum absolute atomic E-state index is 0.0634. The molecule has 108 valence electrons. The van der Waals surface area contributed by atoms with Crippen LogP contribution in [0, 0.1) is 5.82 Å². The van der Waals surface area contributed by atoms with E-state index in [9.17, 15) is 9.18 Å². The van der Waals surface area contributed by atoms with Gasteiger partial charge in [0.15, 0.2) is 0 Å². The molecule has 6 heteroatoms. The van der Waals surface area contributed by atoms with Crippen molar-refractivity contribution in [3.8, 4) is 0 Å². The van der Waals surface area contributed by atoms with Gasteiger partial charge in [-0.05, 0) is 35.7 Å². The molecule has 1 atom stereocenters. The molecule has 0 aliphatic heterocycles. The van der Waals surface area contributed by atoms with Gasteiger partial charge in [0.05, 0.1) is 11.0 Å². The number of alkyl halides is 1. The summed E-state index contributed by atoms with van der Waals surface area (Å²) >= 11 is 7.10. The standard InChI is InChI=1S/C15H11Br2FN2O/c16-10(5-8-3-1-2-4-12(8)18)9-6-13-14(7-11(9)17)20-15(21)19-13/h1-4,6-7,10H,5H2,(H2,19,20,21). The zero-order valence-corrected chi connectivity index (χ0v) is 14.0. The van der Waals surface area contributed by atoms with Crippen LogP contribution in [0.1, 0.15) is 16.0 Å². The molecule has 2 aromatic carbocycles. The van der Waals surface area contributed by atoms with Gasteiger partial charge in [0.1, 0.15) is 5.82 Å². The molecule has 1 aromatic heterocycles. The number of halogens is 3. The summed E-state index contributed by atoms with van der Waals surface area (Å²) in [5.41, 5.74) is 2.83. The van der Waals surface area contributed by atoms with Crippen LogP contribution in [-0.2, 0) is 6.42 Å². The third-order valence-electron chi connectivity index (χ3n) is 3.33. The molecule has 3 nitrogen and oxygen atoms in total. The Labute approximate surface area is 136 Å². The Hall–Kier alpha value is -1.40. The van der Waals surface area contributed by atoms with E-state index in [0.29, 0.717) is 12.0 Å². The average molecular weight is 414 g/mol. The Kier molecular flexibility index (Phi) is 3.99. The van der Waals surface area contributed by atoms with Crippen LogP contribution in [0.25, 0.3) is 11.0 Å². The topological polar surface area (TPSA) is 48.6 Å². The van der Waals surface area contributed by atoms with Gasteiger partial charge >= 0.3 is 5.69 Å². The first-order chi connectivity index (χ1) is 10.0. The molecule has 0 radical (unpaired) electrons. The van der Waals surface area contributed by atoms with Crippen LogP contribution in [0.5, 0.6) is 0 Å².